The van der Waals surface area contributed by atoms with Crippen LogP contribution in [0, 0.1) is 12.8 Å². The first-order chi connectivity index (χ1) is 7.99. The van der Waals surface area contributed by atoms with Gasteiger partial charge in [0.15, 0.2) is 0 Å². The Hall–Kier alpha value is -1.51. The van der Waals surface area contributed by atoms with Crippen LogP contribution in [-0.2, 0) is 0 Å². The zero-order valence-corrected chi connectivity index (χ0v) is 10.7. The SMILES string of the molecule is Cc1ccc(N)c(C(=O)N2CC(C)CC2C)c1. The summed E-state index contributed by atoms with van der Waals surface area (Å²) in [6, 6.07) is 5.94. The highest BCUT2D eigenvalue weighted by atomic mass is 16.2. The maximum absolute atomic E-state index is 12.4. The van der Waals surface area contributed by atoms with Gasteiger partial charge in [0.2, 0.25) is 0 Å². The molecule has 1 aromatic rings. The molecule has 0 saturated carbocycles. The Bertz CT molecular complexity index is 442. The van der Waals surface area contributed by atoms with Gasteiger partial charge in [0.25, 0.3) is 5.91 Å². The average Bonchev–Trinajstić information content (AvgIpc) is 2.60. The van der Waals surface area contributed by atoms with Crippen LogP contribution in [0.3, 0.4) is 0 Å². The quantitative estimate of drug-likeness (QED) is 0.756. The molecule has 2 atom stereocenters. The van der Waals surface area contributed by atoms with Crippen molar-refractivity contribution in [3.05, 3.63) is 29.3 Å². The lowest BCUT2D eigenvalue weighted by Crippen LogP contribution is -2.34. The Morgan fingerprint density at radius 1 is 1.41 bits per heavy atom. The zero-order chi connectivity index (χ0) is 12.6. The van der Waals surface area contributed by atoms with Crippen LogP contribution in [0.1, 0.15) is 36.2 Å². The van der Waals surface area contributed by atoms with Crippen LogP contribution in [0.2, 0.25) is 0 Å². The van der Waals surface area contributed by atoms with Crippen molar-refractivity contribution in [3.63, 3.8) is 0 Å². The first-order valence-corrected chi connectivity index (χ1v) is 6.16. The van der Waals surface area contributed by atoms with Crippen molar-refractivity contribution in [2.45, 2.75) is 33.2 Å². The van der Waals surface area contributed by atoms with Crippen molar-refractivity contribution < 1.29 is 4.79 Å². The van der Waals surface area contributed by atoms with Crippen molar-refractivity contribution in [2.75, 3.05) is 12.3 Å². The van der Waals surface area contributed by atoms with Crippen LogP contribution in [0.5, 0.6) is 0 Å². The highest BCUT2D eigenvalue weighted by Crippen LogP contribution is 2.26. The predicted octanol–water partition coefficient (Wildman–Crippen LogP) is 2.45. The number of rotatable bonds is 1. The second-order valence-corrected chi connectivity index (χ2v) is 5.24. The number of nitrogen functional groups attached to an aromatic ring is 1. The minimum atomic E-state index is 0.0723. The van der Waals surface area contributed by atoms with E-state index < -0.39 is 0 Å². The van der Waals surface area contributed by atoms with E-state index in [1.807, 2.05) is 30.0 Å². The molecule has 1 saturated heterocycles. The van der Waals surface area contributed by atoms with Crippen LogP contribution in [0.25, 0.3) is 0 Å². The highest BCUT2D eigenvalue weighted by molar-refractivity contribution is 5.99. The van der Waals surface area contributed by atoms with Gasteiger partial charge < -0.3 is 10.6 Å². The zero-order valence-electron chi connectivity index (χ0n) is 10.7. The Morgan fingerprint density at radius 3 is 2.71 bits per heavy atom. The smallest absolute Gasteiger partial charge is 0.256 e. The summed E-state index contributed by atoms with van der Waals surface area (Å²) in [7, 11) is 0. The molecule has 1 aliphatic heterocycles. The van der Waals surface area contributed by atoms with E-state index in [4.69, 9.17) is 5.73 Å². The van der Waals surface area contributed by atoms with Gasteiger partial charge in [0.1, 0.15) is 0 Å². The lowest BCUT2D eigenvalue weighted by atomic mass is 10.1. The first-order valence-electron chi connectivity index (χ1n) is 6.16. The number of hydrogen-bond donors (Lipinski definition) is 1. The monoisotopic (exact) mass is 232 g/mol. The van der Waals surface area contributed by atoms with Gasteiger partial charge in [-0.3, -0.25) is 4.79 Å². The number of nitrogens with zero attached hydrogens (tertiary/aromatic N) is 1. The fourth-order valence-corrected chi connectivity index (χ4v) is 2.59. The number of nitrogens with two attached hydrogens (primary N) is 1. The third-order valence-electron chi connectivity index (χ3n) is 3.48. The van der Waals surface area contributed by atoms with E-state index >= 15 is 0 Å². The standard InChI is InChI=1S/C14H20N2O/c1-9-4-5-13(15)12(7-9)14(17)16-8-10(2)6-11(16)3/h4-5,7,10-11H,6,8,15H2,1-3H3. The number of aryl methyl sites for hydroxylation is 1. The van der Waals surface area contributed by atoms with Crippen molar-refractivity contribution in [3.8, 4) is 0 Å². The molecule has 3 heteroatoms. The molecule has 1 fully saturated rings. The topological polar surface area (TPSA) is 46.3 Å². The molecule has 0 aliphatic carbocycles. The van der Waals surface area contributed by atoms with E-state index in [1.54, 1.807) is 0 Å². The van der Waals surface area contributed by atoms with E-state index in [0.717, 1.165) is 18.5 Å². The Labute approximate surface area is 103 Å². The van der Waals surface area contributed by atoms with Gasteiger partial charge in [0.05, 0.1) is 5.56 Å². The molecule has 3 nitrogen and oxygen atoms in total. The van der Waals surface area contributed by atoms with E-state index in [-0.39, 0.29) is 5.91 Å². The number of benzene rings is 1. The minimum Gasteiger partial charge on any atom is -0.398 e. The summed E-state index contributed by atoms with van der Waals surface area (Å²) < 4.78 is 0. The van der Waals surface area contributed by atoms with Gasteiger partial charge in [-0.2, -0.15) is 0 Å². The number of carbonyl (C=O) groups excluding carboxylic acids is 1. The van der Waals surface area contributed by atoms with Crippen LogP contribution < -0.4 is 5.73 Å². The summed E-state index contributed by atoms with van der Waals surface area (Å²) in [5.74, 6) is 0.656. The maximum atomic E-state index is 12.4. The lowest BCUT2D eigenvalue weighted by molar-refractivity contribution is 0.0745. The fourth-order valence-electron chi connectivity index (χ4n) is 2.59. The van der Waals surface area contributed by atoms with Gasteiger partial charge in [-0.15, -0.1) is 0 Å². The molecule has 0 spiro atoms. The number of hydrogen-bond acceptors (Lipinski definition) is 2. The van der Waals surface area contributed by atoms with Gasteiger partial charge >= 0.3 is 0 Å². The average molecular weight is 232 g/mol. The Balaban J connectivity index is 2.28. The van der Waals surface area contributed by atoms with E-state index in [9.17, 15) is 4.79 Å². The predicted molar refractivity (Wildman–Crippen MR) is 69.9 cm³/mol. The van der Waals surface area contributed by atoms with Gasteiger partial charge in [-0.25, -0.2) is 0 Å². The first kappa shape index (κ1) is 12.0. The number of anilines is 1. The summed E-state index contributed by atoms with van der Waals surface area (Å²) >= 11 is 0. The molecule has 92 valence electrons. The molecule has 1 aliphatic rings. The second kappa shape index (κ2) is 4.40. The summed E-state index contributed by atoms with van der Waals surface area (Å²) in [6.07, 6.45) is 1.08. The summed E-state index contributed by atoms with van der Waals surface area (Å²) in [6.45, 7) is 7.11. The van der Waals surface area contributed by atoms with Gasteiger partial charge in [0, 0.05) is 18.3 Å². The van der Waals surface area contributed by atoms with Crippen molar-refractivity contribution in [2.24, 2.45) is 5.92 Å². The molecule has 1 heterocycles. The molecule has 1 amide bonds. The summed E-state index contributed by atoms with van der Waals surface area (Å²) in [5, 5.41) is 0. The molecular weight excluding hydrogens is 212 g/mol. The maximum Gasteiger partial charge on any atom is 0.256 e. The molecule has 0 aromatic heterocycles. The van der Waals surface area contributed by atoms with Crippen LogP contribution in [-0.4, -0.2) is 23.4 Å². The molecular formula is C14H20N2O. The van der Waals surface area contributed by atoms with Gasteiger partial charge in [-0.05, 0) is 38.3 Å². The summed E-state index contributed by atoms with van der Waals surface area (Å²) in [5.41, 5.74) is 8.18. The normalized spacial score (nSPS) is 24.1. The fraction of sp³-hybridized carbons (Fsp3) is 0.500. The number of carbonyl (C=O) groups is 1. The number of amides is 1. The molecule has 0 radical (unpaired) electrons. The third kappa shape index (κ3) is 2.28. The van der Waals surface area contributed by atoms with Crippen LogP contribution in [0.4, 0.5) is 5.69 Å². The van der Waals surface area contributed by atoms with Crippen molar-refractivity contribution in [1.29, 1.82) is 0 Å². The van der Waals surface area contributed by atoms with Crippen LogP contribution >= 0.6 is 0 Å². The van der Waals surface area contributed by atoms with Crippen molar-refractivity contribution in [1.82, 2.24) is 4.90 Å². The van der Waals surface area contributed by atoms with Gasteiger partial charge in [-0.1, -0.05) is 18.6 Å². The number of likely N-dealkylation sites (tertiary alicyclic amines) is 1. The van der Waals surface area contributed by atoms with E-state index in [0.29, 0.717) is 23.2 Å². The van der Waals surface area contributed by atoms with Crippen LogP contribution in [0.15, 0.2) is 18.2 Å². The molecule has 1 aromatic carbocycles. The second-order valence-electron chi connectivity index (χ2n) is 5.24. The molecule has 2 rings (SSSR count). The molecule has 2 unspecified atom stereocenters. The highest BCUT2D eigenvalue weighted by Gasteiger charge is 2.31. The third-order valence-corrected chi connectivity index (χ3v) is 3.48. The largest absolute Gasteiger partial charge is 0.398 e. The van der Waals surface area contributed by atoms with Crippen molar-refractivity contribution >= 4 is 11.6 Å². The molecule has 2 N–H and O–H groups in total. The lowest BCUT2D eigenvalue weighted by Gasteiger charge is -2.22. The van der Waals surface area contributed by atoms with E-state index in [1.165, 1.54) is 0 Å². The Morgan fingerprint density at radius 2 is 2.12 bits per heavy atom. The minimum absolute atomic E-state index is 0.0723. The van der Waals surface area contributed by atoms with E-state index in [2.05, 4.69) is 13.8 Å². The Kier molecular flexibility index (Phi) is 3.09. The molecule has 0 bridgehead atoms. The molecule has 17 heavy (non-hydrogen) atoms. The summed E-state index contributed by atoms with van der Waals surface area (Å²) in [4.78, 5) is 14.4.